The second kappa shape index (κ2) is 6.93. The van der Waals surface area contributed by atoms with E-state index < -0.39 is 28.1 Å². The quantitative estimate of drug-likeness (QED) is 0.691. The predicted octanol–water partition coefficient (Wildman–Crippen LogP) is 0.285. The van der Waals surface area contributed by atoms with E-state index in [-0.39, 0.29) is 17.2 Å². The number of amides is 3. The fraction of sp³-hybridized carbons (Fsp3) is 0.333. The van der Waals surface area contributed by atoms with Gasteiger partial charge in [-0.15, -0.1) is 0 Å². The molecule has 1 aromatic carbocycles. The standard InChI is InChI=1S/C12H17N3O5S/c1-2-21(18,19)9-5-3-8(4-6-9)10(20-12(14)17)7-15-11(13)16/h3-6,10H,2,7H2,1H3,(H2,14,17)(H3,13,15,16). The zero-order valence-electron chi connectivity index (χ0n) is 11.4. The van der Waals surface area contributed by atoms with Gasteiger partial charge in [0, 0.05) is 0 Å². The number of nitrogens with one attached hydrogen (secondary N) is 1. The van der Waals surface area contributed by atoms with Crippen LogP contribution in [0.4, 0.5) is 9.59 Å². The number of carbonyl (C=O) groups excluding carboxylic acids is 2. The molecule has 0 aliphatic carbocycles. The van der Waals surface area contributed by atoms with Gasteiger partial charge in [0.05, 0.1) is 17.2 Å². The molecule has 1 rings (SSSR count). The monoisotopic (exact) mass is 315 g/mol. The summed E-state index contributed by atoms with van der Waals surface area (Å²) in [4.78, 5) is 21.7. The van der Waals surface area contributed by atoms with Crippen LogP contribution in [0, 0.1) is 0 Å². The normalized spacial score (nSPS) is 12.4. The van der Waals surface area contributed by atoms with Gasteiger partial charge in [-0.25, -0.2) is 18.0 Å². The van der Waals surface area contributed by atoms with Gasteiger partial charge in [0.1, 0.15) is 6.10 Å². The van der Waals surface area contributed by atoms with E-state index in [0.29, 0.717) is 5.56 Å². The number of benzene rings is 1. The van der Waals surface area contributed by atoms with E-state index in [1.54, 1.807) is 6.92 Å². The first kappa shape index (κ1) is 16.8. The minimum absolute atomic E-state index is 0.0171. The van der Waals surface area contributed by atoms with Gasteiger partial charge < -0.3 is 21.5 Å². The van der Waals surface area contributed by atoms with Crippen molar-refractivity contribution < 1.29 is 22.7 Å². The molecule has 9 heteroatoms. The van der Waals surface area contributed by atoms with Crippen molar-refractivity contribution in [2.75, 3.05) is 12.3 Å². The maximum atomic E-state index is 11.7. The largest absolute Gasteiger partial charge is 0.440 e. The van der Waals surface area contributed by atoms with E-state index in [0.717, 1.165) is 0 Å². The Bertz CT molecular complexity index is 612. The lowest BCUT2D eigenvalue weighted by Crippen LogP contribution is -2.35. The van der Waals surface area contributed by atoms with Crippen LogP contribution in [0.3, 0.4) is 0 Å². The van der Waals surface area contributed by atoms with Crippen molar-refractivity contribution >= 4 is 22.0 Å². The number of sulfone groups is 1. The van der Waals surface area contributed by atoms with Crippen LogP contribution in [-0.4, -0.2) is 32.8 Å². The summed E-state index contributed by atoms with van der Waals surface area (Å²) in [6.07, 6.45) is -1.87. The number of urea groups is 1. The van der Waals surface area contributed by atoms with Crippen molar-refractivity contribution in [2.24, 2.45) is 11.5 Å². The Morgan fingerprint density at radius 2 is 1.81 bits per heavy atom. The highest BCUT2D eigenvalue weighted by Crippen LogP contribution is 2.20. The molecule has 1 unspecified atom stereocenters. The first-order chi connectivity index (χ1) is 9.76. The van der Waals surface area contributed by atoms with Gasteiger partial charge in [0.15, 0.2) is 9.84 Å². The van der Waals surface area contributed by atoms with Crippen LogP contribution < -0.4 is 16.8 Å². The molecule has 0 bridgehead atoms. The second-order valence-electron chi connectivity index (χ2n) is 4.14. The van der Waals surface area contributed by atoms with Gasteiger partial charge in [0.2, 0.25) is 0 Å². The number of rotatable bonds is 6. The molecule has 3 amide bonds. The molecule has 1 aromatic rings. The third kappa shape index (κ3) is 4.95. The lowest BCUT2D eigenvalue weighted by molar-refractivity contribution is 0.107. The number of nitrogens with two attached hydrogens (primary N) is 2. The summed E-state index contributed by atoms with van der Waals surface area (Å²) >= 11 is 0. The van der Waals surface area contributed by atoms with Crippen LogP contribution >= 0.6 is 0 Å². The van der Waals surface area contributed by atoms with Crippen molar-refractivity contribution in [3.05, 3.63) is 29.8 Å². The summed E-state index contributed by atoms with van der Waals surface area (Å²) in [5, 5.41) is 2.29. The first-order valence-electron chi connectivity index (χ1n) is 6.08. The van der Waals surface area contributed by atoms with E-state index in [9.17, 15) is 18.0 Å². The Hall–Kier alpha value is -2.29. The van der Waals surface area contributed by atoms with E-state index >= 15 is 0 Å². The summed E-state index contributed by atoms with van der Waals surface area (Å²) in [6.45, 7) is 1.47. The fourth-order valence-corrected chi connectivity index (χ4v) is 2.50. The molecule has 0 saturated heterocycles. The second-order valence-corrected chi connectivity index (χ2v) is 6.42. The van der Waals surface area contributed by atoms with Gasteiger partial charge in [-0.1, -0.05) is 19.1 Å². The zero-order chi connectivity index (χ0) is 16.0. The van der Waals surface area contributed by atoms with E-state index in [2.05, 4.69) is 5.32 Å². The topological polar surface area (TPSA) is 142 Å². The van der Waals surface area contributed by atoms with Crippen LogP contribution in [0.2, 0.25) is 0 Å². The summed E-state index contributed by atoms with van der Waals surface area (Å²) in [7, 11) is -3.31. The molecule has 5 N–H and O–H groups in total. The molecular weight excluding hydrogens is 298 g/mol. The molecule has 0 aliphatic heterocycles. The van der Waals surface area contributed by atoms with Crippen LogP contribution in [-0.2, 0) is 14.6 Å². The molecular formula is C12H17N3O5S. The number of carbonyl (C=O) groups is 2. The zero-order valence-corrected chi connectivity index (χ0v) is 12.2. The summed E-state index contributed by atoms with van der Waals surface area (Å²) in [5.41, 5.74) is 10.4. The lowest BCUT2D eigenvalue weighted by Gasteiger charge is -2.17. The van der Waals surface area contributed by atoms with Gasteiger partial charge in [-0.2, -0.15) is 0 Å². The Morgan fingerprint density at radius 1 is 1.24 bits per heavy atom. The fourth-order valence-electron chi connectivity index (χ4n) is 1.62. The van der Waals surface area contributed by atoms with E-state index in [1.807, 2.05) is 0 Å². The van der Waals surface area contributed by atoms with Crippen molar-refractivity contribution in [3.8, 4) is 0 Å². The maximum Gasteiger partial charge on any atom is 0.405 e. The lowest BCUT2D eigenvalue weighted by atomic mass is 10.1. The smallest absolute Gasteiger partial charge is 0.405 e. The van der Waals surface area contributed by atoms with E-state index in [1.165, 1.54) is 24.3 Å². The molecule has 0 aliphatic rings. The average Bonchev–Trinajstić information content (AvgIpc) is 2.43. The molecule has 0 radical (unpaired) electrons. The van der Waals surface area contributed by atoms with Crippen LogP contribution in [0.5, 0.6) is 0 Å². The highest BCUT2D eigenvalue weighted by Gasteiger charge is 2.18. The van der Waals surface area contributed by atoms with E-state index in [4.69, 9.17) is 16.2 Å². The molecule has 0 fully saturated rings. The Morgan fingerprint density at radius 3 is 2.24 bits per heavy atom. The van der Waals surface area contributed by atoms with Gasteiger partial charge in [-0.3, -0.25) is 0 Å². The maximum absolute atomic E-state index is 11.7. The van der Waals surface area contributed by atoms with Crippen LogP contribution in [0.25, 0.3) is 0 Å². The number of primary amides is 2. The van der Waals surface area contributed by atoms with Gasteiger partial charge in [0.25, 0.3) is 0 Å². The molecule has 21 heavy (non-hydrogen) atoms. The van der Waals surface area contributed by atoms with Crippen molar-refractivity contribution in [1.82, 2.24) is 5.32 Å². The van der Waals surface area contributed by atoms with Crippen molar-refractivity contribution in [2.45, 2.75) is 17.9 Å². The van der Waals surface area contributed by atoms with Crippen LogP contribution in [0.1, 0.15) is 18.6 Å². The Labute approximate surface area is 122 Å². The summed E-state index contributed by atoms with van der Waals surface area (Å²) in [6, 6.07) is 4.99. The third-order valence-corrected chi connectivity index (χ3v) is 4.46. The molecule has 8 nitrogen and oxygen atoms in total. The molecule has 0 aromatic heterocycles. The van der Waals surface area contributed by atoms with Crippen molar-refractivity contribution in [1.29, 1.82) is 0 Å². The minimum atomic E-state index is -3.31. The summed E-state index contributed by atoms with van der Waals surface area (Å²) < 4.78 is 28.2. The van der Waals surface area contributed by atoms with Crippen LogP contribution in [0.15, 0.2) is 29.2 Å². The number of ether oxygens (including phenoxy) is 1. The molecule has 0 spiro atoms. The average molecular weight is 315 g/mol. The van der Waals surface area contributed by atoms with Gasteiger partial charge in [-0.05, 0) is 17.7 Å². The molecule has 0 saturated carbocycles. The Kier molecular flexibility index (Phi) is 5.53. The molecule has 0 heterocycles. The third-order valence-electron chi connectivity index (χ3n) is 2.71. The number of hydrogen-bond acceptors (Lipinski definition) is 5. The Balaban J connectivity index is 2.97. The molecule has 116 valence electrons. The summed E-state index contributed by atoms with van der Waals surface area (Å²) in [5.74, 6) is -0.0171. The van der Waals surface area contributed by atoms with Gasteiger partial charge >= 0.3 is 12.1 Å². The SMILES string of the molecule is CCS(=O)(=O)c1ccc(C(CNC(N)=O)OC(N)=O)cc1. The first-order valence-corrected chi connectivity index (χ1v) is 7.73. The molecule has 1 atom stereocenters. The van der Waals surface area contributed by atoms with Crippen molar-refractivity contribution in [3.63, 3.8) is 0 Å². The number of hydrogen-bond donors (Lipinski definition) is 3. The minimum Gasteiger partial charge on any atom is -0.440 e. The predicted molar refractivity (Wildman–Crippen MR) is 75.2 cm³/mol. The highest BCUT2D eigenvalue weighted by atomic mass is 32.2. The highest BCUT2D eigenvalue weighted by molar-refractivity contribution is 7.91.